The first-order valence-electron chi connectivity index (χ1n) is 5.46. The lowest BCUT2D eigenvalue weighted by atomic mass is 10.1. The number of pyridine rings is 2. The van der Waals surface area contributed by atoms with Gasteiger partial charge in [0.05, 0.1) is 7.11 Å². The molecule has 0 fully saturated rings. The maximum absolute atomic E-state index is 11.0. The second kappa shape index (κ2) is 6.29. The zero-order valence-electron chi connectivity index (χ0n) is 10.2. The largest absolute Gasteiger partial charge is 0.486 e. The topological polar surface area (TPSA) is 61.3 Å². The third-order valence-electron chi connectivity index (χ3n) is 2.44. The molecule has 2 rings (SSSR count). The van der Waals surface area contributed by atoms with Crippen molar-refractivity contribution in [2.75, 3.05) is 7.11 Å². The van der Waals surface area contributed by atoms with Crippen LogP contribution in [-0.4, -0.2) is 23.4 Å². The summed E-state index contributed by atoms with van der Waals surface area (Å²) in [4.78, 5) is 19.1. The Morgan fingerprint density at radius 1 is 1.42 bits per heavy atom. The molecule has 0 saturated carbocycles. The summed E-state index contributed by atoms with van der Waals surface area (Å²) in [6.07, 6.45) is 3.97. The van der Waals surface area contributed by atoms with Crippen molar-refractivity contribution in [3.05, 3.63) is 46.3 Å². The average molecular weight is 323 g/mol. The van der Waals surface area contributed by atoms with Crippen LogP contribution >= 0.6 is 15.9 Å². The summed E-state index contributed by atoms with van der Waals surface area (Å²) in [6, 6.07) is 5.13. The van der Waals surface area contributed by atoms with E-state index in [1.54, 1.807) is 30.6 Å². The molecule has 0 aromatic carbocycles. The van der Waals surface area contributed by atoms with Crippen molar-refractivity contribution in [3.8, 4) is 11.6 Å². The predicted octanol–water partition coefficient (Wildman–Crippen LogP) is 2.64. The van der Waals surface area contributed by atoms with Crippen LogP contribution in [0.25, 0.3) is 0 Å². The quantitative estimate of drug-likeness (QED) is 0.625. The Balaban J connectivity index is 2.15. The minimum absolute atomic E-state index is 0.232. The molecule has 0 atom stereocenters. The highest BCUT2D eigenvalue weighted by atomic mass is 79.9. The van der Waals surface area contributed by atoms with Crippen LogP contribution in [0.5, 0.6) is 11.6 Å². The normalized spacial score (nSPS) is 10.0. The summed E-state index contributed by atoms with van der Waals surface area (Å²) in [5, 5.41) is 0. The summed E-state index contributed by atoms with van der Waals surface area (Å²) in [7, 11) is 1.50. The van der Waals surface area contributed by atoms with E-state index >= 15 is 0 Å². The molecule has 5 nitrogen and oxygen atoms in total. The molecule has 6 heteroatoms. The van der Waals surface area contributed by atoms with Crippen molar-refractivity contribution in [1.29, 1.82) is 0 Å². The van der Waals surface area contributed by atoms with Gasteiger partial charge in [-0.15, -0.1) is 0 Å². The van der Waals surface area contributed by atoms with Crippen LogP contribution in [0.4, 0.5) is 0 Å². The van der Waals surface area contributed by atoms with Gasteiger partial charge in [0.15, 0.2) is 12.0 Å². The number of nitrogens with zero attached hydrogens (tertiary/aromatic N) is 2. The Bertz CT molecular complexity index is 590. The molecule has 0 aliphatic carbocycles. The lowest BCUT2D eigenvalue weighted by molar-refractivity contribution is 0.112. The number of aldehydes is 1. The number of halogens is 1. The smallest absolute Gasteiger partial charge is 0.213 e. The van der Waals surface area contributed by atoms with E-state index in [1.807, 2.05) is 0 Å². The fourth-order valence-corrected chi connectivity index (χ4v) is 1.82. The van der Waals surface area contributed by atoms with Gasteiger partial charge in [0.25, 0.3) is 0 Å². The lowest BCUT2D eigenvalue weighted by Gasteiger charge is -2.09. The predicted molar refractivity (Wildman–Crippen MR) is 72.4 cm³/mol. The molecule has 0 bridgehead atoms. The standard InChI is InChI=1S/C13H11BrN2O3/c1-18-12-5-9(7-17)10(6-16-12)8-19-11-3-2-4-15-13(11)14/h2-7H,8H2,1H3. The first-order valence-corrected chi connectivity index (χ1v) is 6.25. The van der Waals surface area contributed by atoms with Gasteiger partial charge in [-0.1, -0.05) is 0 Å². The van der Waals surface area contributed by atoms with E-state index in [4.69, 9.17) is 9.47 Å². The van der Waals surface area contributed by atoms with Gasteiger partial charge in [0.2, 0.25) is 5.88 Å². The molecule has 0 aliphatic rings. The van der Waals surface area contributed by atoms with E-state index < -0.39 is 0 Å². The summed E-state index contributed by atoms with van der Waals surface area (Å²) in [5.74, 6) is 1.00. The zero-order valence-corrected chi connectivity index (χ0v) is 11.8. The molecular formula is C13H11BrN2O3. The van der Waals surface area contributed by atoms with Gasteiger partial charge in [0.1, 0.15) is 11.2 Å². The fourth-order valence-electron chi connectivity index (χ4n) is 1.46. The Hall–Kier alpha value is -1.95. The number of hydrogen-bond donors (Lipinski definition) is 0. The molecular weight excluding hydrogens is 312 g/mol. The van der Waals surface area contributed by atoms with E-state index in [0.29, 0.717) is 27.4 Å². The van der Waals surface area contributed by atoms with Gasteiger partial charge in [-0.25, -0.2) is 9.97 Å². The summed E-state index contributed by atoms with van der Waals surface area (Å²) >= 11 is 3.29. The molecule has 0 saturated heterocycles. The Morgan fingerprint density at radius 3 is 2.95 bits per heavy atom. The van der Waals surface area contributed by atoms with Gasteiger partial charge < -0.3 is 9.47 Å². The van der Waals surface area contributed by atoms with Gasteiger partial charge >= 0.3 is 0 Å². The van der Waals surface area contributed by atoms with Crippen molar-refractivity contribution in [2.24, 2.45) is 0 Å². The van der Waals surface area contributed by atoms with Gasteiger partial charge in [-0.2, -0.15) is 0 Å². The van der Waals surface area contributed by atoms with Gasteiger partial charge in [0, 0.05) is 29.6 Å². The third-order valence-corrected chi connectivity index (χ3v) is 3.04. The zero-order chi connectivity index (χ0) is 13.7. The lowest BCUT2D eigenvalue weighted by Crippen LogP contribution is -2.02. The Kier molecular flexibility index (Phi) is 4.46. The molecule has 0 spiro atoms. The van der Waals surface area contributed by atoms with Gasteiger partial charge in [-0.3, -0.25) is 4.79 Å². The molecule has 0 amide bonds. The molecule has 2 aromatic rings. The van der Waals surface area contributed by atoms with Crippen LogP contribution in [0.1, 0.15) is 15.9 Å². The molecule has 0 unspecified atom stereocenters. The highest BCUT2D eigenvalue weighted by Crippen LogP contribution is 2.23. The summed E-state index contributed by atoms with van der Waals surface area (Å²) in [5.41, 5.74) is 1.18. The first-order chi connectivity index (χ1) is 9.24. The highest BCUT2D eigenvalue weighted by Gasteiger charge is 2.07. The molecule has 2 heterocycles. The van der Waals surface area contributed by atoms with Crippen molar-refractivity contribution >= 4 is 22.2 Å². The second-order valence-electron chi connectivity index (χ2n) is 3.62. The van der Waals surface area contributed by atoms with Crippen LogP contribution < -0.4 is 9.47 Å². The molecule has 0 N–H and O–H groups in total. The summed E-state index contributed by atoms with van der Waals surface area (Å²) < 4.78 is 11.2. The number of rotatable bonds is 5. The third kappa shape index (κ3) is 3.29. The number of carbonyl (C=O) groups excluding carboxylic acids is 1. The summed E-state index contributed by atoms with van der Waals surface area (Å²) in [6.45, 7) is 0.232. The minimum atomic E-state index is 0.232. The molecule has 0 aliphatic heterocycles. The van der Waals surface area contributed by atoms with Gasteiger partial charge in [-0.05, 0) is 28.1 Å². The van der Waals surface area contributed by atoms with Crippen molar-refractivity contribution < 1.29 is 14.3 Å². The van der Waals surface area contributed by atoms with Crippen LogP contribution in [0.2, 0.25) is 0 Å². The SMILES string of the molecule is COc1cc(C=O)c(COc2cccnc2Br)cn1. The molecule has 19 heavy (non-hydrogen) atoms. The number of aromatic nitrogens is 2. The second-order valence-corrected chi connectivity index (χ2v) is 4.38. The monoisotopic (exact) mass is 322 g/mol. The number of carbonyl (C=O) groups is 1. The molecule has 2 aromatic heterocycles. The first kappa shape index (κ1) is 13.5. The van der Waals surface area contributed by atoms with Crippen LogP contribution in [0.15, 0.2) is 35.2 Å². The van der Waals surface area contributed by atoms with E-state index in [0.717, 1.165) is 6.29 Å². The minimum Gasteiger partial charge on any atom is -0.486 e. The molecule has 0 radical (unpaired) electrons. The average Bonchev–Trinajstić information content (AvgIpc) is 2.46. The maximum Gasteiger partial charge on any atom is 0.213 e. The van der Waals surface area contributed by atoms with E-state index in [9.17, 15) is 4.79 Å². The number of methoxy groups -OCH3 is 1. The van der Waals surface area contributed by atoms with Crippen LogP contribution in [-0.2, 0) is 6.61 Å². The van der Waals surface area contributed by atoms with E-state index in [1.165, 1.54) is 7.11 Å². The fraction of sp³-hybridized carbons (Fsp3) is 0.154. The Morgan fingerprint density at radius 2 is 2.26 bits per heavy atom. The Labute approximate surface area is 118 Å². The highest BCUT2D eigenvalue weighted by molar-refractivity contribution is 9.10. The molecule has 98 valence electrons. The number of ether oxygens (including phenoxy) is 2. The van der Waals surface area contributed by atoms with Crippen LogP contribution in [0.3, 0.4) is 0 Å². The number of hydrogen-bond acceptors (Lipinski definition) is 5. The van der Waals surface area contributed by atoms with E-state index in [2.05, 4.69) is 25.9 Å². The van der Waals surface area contributed by atoms with Crippen molar-refractivity contribution in [3.63, 3.8) is 0 Å². The van der Waals surface area contributed by atoms with E-state index in [-0.39, 0.29) is 6.61 Å². The van der Waals surface area contributed by atoms with Crippen LogP contribution in [0, 0.1) is 0 Å². The van der Waals surface area contributed by atoms with Crippen molar-refractivity contribution in [1.82, 2.24) is 9.97 Å². The van der Waals surface area contributed by atoms with Crippen molar-refractivity contribution in [2.45, 2.75) is 6.61 Å². The maximum atomic E-state index is 11.0.